The van der Waals surface area contributed by atoms with Gasteiger partial charge in [0.1, 0.15) is 0 Å². The largest absolute Gasteiger partial charge is 0.301 e. The van der Waals surface area contributed by atoms with E-state index in [4.69, 9.17) is 0 Å². The molecule has 0 radical (unpaired) electrons. The molecule has 106 valence electrons. The molecule has 0 aliphatic carbocycles. The molecule has 2 heteroatoms. The lowest BCUT2D eigenvalue weighted by atomic mass is 9.85. The number of pyridine rings is 1. The number of hydrogen-bond acceptors (Lipinski definition) is 2. The lowest BCUT2D eigenvalue weighted by Gasteiger charge is -2.35. The monoisotopic (exact) mass is 260 g/mol. The molecule has 2 rings (SSSR count). The summed E-state index contributed by atoms with van der Waals surface area (Å²) in [5, 5.41) is 0. The smallest absolute Gasteiger partial charge is 0.0460 e. The van der Waals surface area contributed by atoms with Crippen LogP contribution in [0.15, 0.2) is 18.3 Å². The van der Waals surface area contributed by atoms with Crippen molar-refractivity contribution >= 4 is 0 Å². The Bertz CT molecular complexity index is 392. The maximum atomic E-state index is 4.58. The average molecular weight is 260 g/mol. The maximum absolute atomic E-state index is 4.58. The standard InChI is InChI=1S/C17H28N2/c1-13(2)19-10-7-16(8-11-19)12-15(4)17-14(3)6-5-9-18-17/h5-6,9,13,15-16H,7-8,10-12H2,1-4H3. The van der Waals surface area contributed by atoms with Crippen LogP contribution in [-0.2, 0) is 0 Å². The molecule has 1 saturated heterocycles. The molecule has 2 heterocycles. The van der Waals surface area contributed by atoms with E-state index >= 15 is 0 Å². The molecule has 0 N–H and O–H groups in total. The van der Waals surface area contributed by atoms with Crippen molar-refractivity contribution in [3.05, 3.63) is 29.6 Å². The molecule has 0 saturated carbocycles. The third-order valence-electron chi connectivity index (χ3n) is 4.58. The third kappa shape index (κ3) is 3.79. The van der Waals surface area contributed by atoms with Crippen LogP contribution in [-0.4, -0.2) is 29.0 Å². The van der Waals surface area contributed by atoms with Crippen LogP contribution >= 0.6 is 0 Å². The van der Waals surface area contributed by atoms with E-state index in [1.807, 2.05) is 12.3 Å². The summed E-state index contributed by atoms with van der Waals surface area (Å²) in [4.78, 5) is 7.18. The molecule has 1 aromatic rings. The minimum Gasteiger partial charge on any atom is -0.301 e. The first-order chi connectivity index (χ1) is 9.08. The highest BCUT2D eigenvalue weighted by molar-refractivity contribution is 5.21. The molecule has 1 unspecified atom stereocenters. The fraction of sp³-hybridized carbons (Fsp3) is 0.706. The fourth-order valence-electron chi connectivity index (χ4n) is 3.33. The highest BCUT2D eigenvalue weighted by Gasteiger charge is 2.23. The zero-order valence-electron chi connectivity index (χ0n) is 12.9. The van der Waals surface area contributed by atoms with Crippen molar-refractivity contribution in [3.63, 3.8) is 0 Å². The summed E-state index contributed by atoms with van der Waals surface area (Å²) in [6.07, 6.45) is 5.94. The van der Waals surface area contributed by atoms with Crippen LogP contribution in [0.5, 0.6) is 0 Å². The summed E-state index contributed by atoms with van der Waals surface area (Å²) >= 11 is 0. The number of hydrogen-bond donors (Lipinski definition) is 0. The van der Waals surface area contributed by atoms with Gasteiger partial charge in [0.2, 0.25) is 0 Å². The van der Waals surface area contributed by atoms with Gasteiger partial charge in [-0.15, -0.1) is 0 Å². The average Bonchev–Trinajstić information content (AvgIpc) is 2.39. The maximum Gasteiger partial charge on any atom is 0.0460 e. The highest BCUT2D eigenvalue weighted by Crippen LogP contribution is 2.30. The quantitative estimate of drug-likeness (QED) is 0.813. The van der Waals surface area contributed by atoms with Gasteiger partial charge < -0.3 is 4.90 Å². The summed E-state index contributed by atoms with van der Waals surface area (Å²) in [7, 11) is 0. The van der Waals surface area contributed by atoms with Gasteiger partial charge in [0, 0.05) is 17.9 Å². The molecule has 0 bridgehead atoms. The number of aryl methyl sites for hydroxylation is 1. The van der Waals surface area contributed by atoms with E-state index in [0.29, 0.717) is 12.0 Å². The van der Waals surface area contributed by atoms with Gasteiger partial charge in [0.25, 0.3) is 0 Å². The predicted octanol–water partition coefficient (Wildman–Crippen LogP) is 4.00. The van der Waals surface area contributed by atoms with Crippen molar-refractivity contribution in [1.82, 2.24) is 9.88 Å². The first-order valence-corrected chi connectivity index (χ1v) is 7.73. The van der Waals surface area contributed by atoms with E-state index < -0.39 is 0 Å². The van der Waals surface area contributed by atoms with Gasteiger partial charge in [0.05, 0.1) is 0 Å². The van der Waals surface area contributed by atoms with E-state index in [9.17, 15) is 0 Å². The molecule has 1 aromatic heterocycles. The first kappa shape index (κ1) is 14.5. The van der Waals surface area contributed by atoms with E-state index in [-0.39, 0.29) is 0 Å². The van der Waals surface area contributed by atoms with Crippen molar-refractivity contribution in [2.75, 3.05) is 13.1 Å². The van der Waals surface area contributed by atoms with Gasteiger partial charge in [-0.05, 0) is 76.6 Å². The van der Waals surface area contributed by atoms with Crippen molar-refractivity contribution in [3.8, 4) is 0 Å². The summed E-state index contributed by atoms with van der Waals surface area (Å²) in [5.74, 6) is 1.48. The van der Waals surface area contributed by atoms with Crippen LogP contribution in [0.2, 0.25) is 0 Å². The topological polar surface area (TPSA) is 16.1 Å². The Labute approximate surface area is 118 Å². The Hall–Kier alpha value is -0.890. The normalized spacial score (nSPS) is 19.8. The van der Waals surface area contributed by atoms with Crippen LogP contribution in [0.25, 0.3) is 0 Å². The van der Waals surface area contributed by atoms with Crippen molar-refractivity contribution in [2.45, 2.75) is 58.9 Å². The molecule has 1 aliphatic rings. The molecular weight excluding hydrogens is 232 g/mol. The lowest BCUT2D eigenvalue weighted by Crippen LogP contribution is -2.38. The summed E-state index contributed by atoms with van der Waals surface area (Å²) in [5.41, 5.74) is 2.64. The summed E-state index contributed by atoms with van der Waals surface area (Å²) in [6.45, 7) is 11.7. The van der Waals surface area contributed by atoms with Crippen LogP contribution in [0, 0.1) is 12.8 Å². The molecular formula is C17H28N2. The molecule has 1 atom stereocenters. The van der Waals surface area contributed by atoms with Crippen LogP contribution in [0.1, 0.15) is 57.2 Å². The van der Waals surface area contributed by atoms with Gasteiger partial charge in [-0.2, -0.15) is 0 Å². The second-order valence-electron chi connectivity index (χ2n) is 6.42. The second kappa shape index (κ2) is 6.51. The summed E-state index contributed by atoms with van der Waals surface area (Å²) in [6, 6.07) is 4.92. The van der Waals surface area contributed by atoms with Crippen molar-refractivity contribution < 1.29 is 0 Å². The van der Waals surface area contributed by atoms with E-state index in [1.54, 1.807) is 0 Å². The molecule has 2 nitrogen and oxygen atoms in total. The van der Waals surface area contributed by atoms with E-state index in [1.165, 1.54) is 43.6 Å². The number of aromatic nitrogens is 1. The lowest BCUT2D eigenvalue weighted by molar-refractivity contribution is 0.142. The molecule has 0 aromatic carbocycles. The molecule has 19 heavy (non-hydrogen) atoms. The molecule has 1 fully saturated rings. The van der Waals surface area contributed by atoms with Gasteiger partial charge in [0.15, 0.2) is 0 Å². The first-order valence-electron chi connectivity index (χ1n) is 7.73. The van der Waals surface area contributed by atoms with Crippen molar-refractivity contribution in [2.24, 2.45) is 5.92 Å². The van der Waals surface area contributed by atoms with Gasteiger partial charge >= 0.3 is 0 Å². The van der Waals surface area contributed by atoms with E-state index in [0.717, 1.165) is 5.92 Å². The Morgan fingerprint density at radius 1 is 1.26 bits per heavy atom. The van der Waals surface area contributed by atoms with Gasteiger partial charge in [-0.25, -0.2) is 0 Å². The number of piperidine rings is 1. The van der Waals surface area contributed by atoms with Crippen LogP contribution < -0.4 is 0 Å². The Morgan fingerprint density at radius 3 is 2.53 bits per heavy atom. The second-order valence-corrected chi connectivity index (χ2v) is 6.42. The fourth-order valence-corrected chi connectivity index (χ4v) is 3.33. The molecule has 0 amide bonds. The number of rotatable bonds is 4. The minimum atomic E-state index is 0.594. The zero-order valence-corrected chi connectivity index (χ0v) is 12.9. The molecule has 1 aliphatic heterocycles. The van der Waals surface area contributed by atoms with E-state index in [2.05, 4.69) is 43.6 Å². The number of nitrogens with zero attached hydrogens (tertiary/aromatic N) is 2. The molecule has 0 spiro atoms. The number of likely N-dealkylation sites (tertiary alicyclic amines) is 1. The Balaban J connectivity index is 1.87. The highest BCUT2D eigenvalue weighted by atomic mass is 15.1. The zero-order chi connectivity index (χ0) is 13.8. The minimum absolute atomic E-state index is 0.594. The van der Waals surface area contributed by atoms with Crippen LogP contribution in [0.4, 0.5) is 0 Å². The Kier molecular flexibility index (Phi) is 4.98. The van der Waals surface area contributed by atoms with Crippen LogP contribution in [0.3, 0.4) is 0 Å². The van der Waals surface area contributed by atoms with Gasteiger partial charge in [-0.1, -0.05) is 13.0 Å². The summed E-state index contributed by atoms with van der Waals surface area (Å²) < 4.78 is 0. The SMILES string of the molecule is Cc1cccnc1C(C)CC1CCN(C(C)C)CC1. The predicted molar refractivity (Wildman–Crippen MR) is 81.4 cm³/mol. The third-order valence-corrected chi connectivity index (χ3v) is 4.58. The Morgan fingerprint density at radius 2 is 1.95 bits per heavy atom. The van der Waals surface area contributed by atoms with Crippen molar-refractivity contribution in [1.29, 1.82) is 0 Å². The van der Waals surface area contributed by atoms with Gasteiger partial charge in [-0.3, -0.25) is 4.98 Å².